The number of piperidine rings is 1. The topological polar surface area (TPSA) is 54.0 Å². The minimum atomic E-state index is -0.189. The highest BCUT2D eigenvalue weighted by Gasteiger charge is 2.25. The number of amides is 1. The summed E-state index contributed by atoms with van der Waals surface area (Å²) < 4.78 is 13.6. The Labute approximate surface area is 157 Å². The average molecular weight is 384 g/mol. The molecule has 4 nitrogen and oxygen atoms in total. The van der Waals surface area contributed by atoms with Gasteiger partial charge >= 0.3 is 0 Å². The fourth-order valence-corrected chi connectivity index (χ4v) is 3.82. The zero-order valence-electron chi connectivity index (χ0n) is 14.3. The van der Waals surface area contributed by atoms with Crippen molar-refractivity contribution in [2.45, 2.75) is 39.2 Å². The third kappa shape index (κ3) is 5.23. The van der Waals surface area contributed by atoms with Gasteiger partial charge in [0.25, 0.3) is 0 Å². The molecule has 1 amide bonds. The van der Waals surface area contributed by atoms with Crippen molar-refractivity contribution in [1.82, 2.24) is 10.3 Å². The zero-order chi connectivity index (χ0) is 17.1. The molecule has 2 aromatic rings. The Kier molecular flexibility index (Phi) is 6.93. The van der Waals surface area contributed by atoms with E-state index < -0.39 is 0 Å². The molecule has 0 radical (unpaired) electrons. The van der Waals surface area contributed by atoms with Crippen molar-refractivity contribution < 1.29 is 9.18 Å². The lowest BCUT2D eigenvalue weighted by Crippen LogP contribution is -2.40. The summed E-state index contributed by atoms with van der Waals surface area (Å²) in [6.07, 6.45) is 4.09. The van der Waals surface area contributed by atoms with Crippen molar-refractivity contribution in [2.75, 3.05) is 11.9 Å². The van der Waals surface area contributed by atoms with Gasteiger partial charge in [0.1, 0.15) is 5.82 Å². The van der Waals surface area contributed by atoms with Crippen LogP contribution in [-0.2, 0) is 11.2 Å². The van der Waals surface area contributed by atoms with E-state index in [0.29, 0.717) is 23.2 Å². The molecule has 0 saturated carbocycles. The minimum Gasteiger partial charge on any atom is -0.314 e. The highest BCUT2D eigenvalue weighted by atomic mass is 35.5. The number of carbonyl (C=O) groups excluding carboxylic acids is 1. The normalized spacial score (nSPS) is 20.0. The smallest absolute Gasteiger partial charge is 0.229 e. The maximum Gasteiger partial charge on any atom is 0.229 e. The molecule has 3 rings (SSSR count). The van der Waals surface area contributed by atoms with Crippen molar-refractivity contribution in [1.29, 1.82) is 0 Å². The number of hydrogen-bond donors (Lipinski definition) is 2. The molecule has 0 aliphatic carbocycles. The number of halogens is 2. The van der Waals surface area contributed by atoms with Gasteiger partial charge in [0, 0.05) is 29.5 Å². The average Bonchev–Trinajstić information content (AvgIpc) is 2.98. The summed E-state index contributed by atoms with van der Waals surface area (Å²) in [6.45, 7) is 4.73. The van der Waals surface area contributed by atoms with Crippen LogP contribution in [-0.4, -0.2) is 23.5 Å². The summed E-state index contributed by atoms with van der Waals surface area (Å²) in [7, 11) is 0. The Morgan fingerprint density at radius 3 is 3.00 bits per heavy atom. The maximum absolute atomic E-state index is 13.6. The number of carbonyl (C=O) groups is 1. The van der Waals surface area contributed by atoms with E-state index in [1.807, 2.05) is 6.07 Å². The summed E-state index contributed by atoms with van der Waals surface area (Å²) >= 11 is 1.45. The van der Waals surface area contributed by atoms with Gasteiger partial charge in [0.05, 0.1) is 0 Å². The number of nitrogens with one attached hydrogen (secondary N) is 2. The van der Waals surface area contributed by atoms with Crippen LogP contribution in [0.4, 0.5) is 9.52 Å². The predicted molar refractivity (Wildman–Crippen MR) is 102 cm³/mol. The first-order chi connectivity index (χ1) is 11.5. The molecule has 25 heavy (non-hydrogen) atoms. The van der Waals surface area contributed by atoms with E-state index in [0.717, 1.165) is 29.8 Å². The van der Waals surface area contributed by atoms with Gasteiger partial charge in [0.15, 0.2) is 5.13 Å². The molecule has 2 heterocycles. The first-order valence-electron chi connectivity index (χ1n) is 8.25. The first-order valence-corrected chi connectivity index (χ1v) is 9.07. The van der Waals surface area contributed by atoms with Crippen LogP contribution in [0.25, 0.3) is 0 Å². The Morgan fingerprint density at radius 2 is 2.28 bits per heavy atom. The van der Waals surface area contributed by atoms with E-state index >= 15 is 0 Å². The van der Waals surface area contributed by atoms with Crippen LogP contribution in [0.1, 0.15) is 35.8 Å². The second-order valence-corrected chi connectivity index (χ2v) is 7.57. The molecule has 7 heteroatoms. The van der Waals surface area contributed by atoms with E-state index in [4.69, 9.17) is 0 Å². The Morgan fingerprint density at radius 1 is 1.48 bits per heavy atom. The number of aromatic nitrogens is 1. The number of rotatable bonds is 4. The predicted octanol–water partition coefficient (Wildman–Crippen LogP) is 3.93. The Hall–Kier alpha value is -1.50. The number of thiazole rings is 1. The SMILES string of the molecule is Cc1ccc(Cc2cnc(NC(=O)[C@H]3CCN[C@@H](C)C3)s2)cc1F.Cl. The quantitative estimate of drug-likeness (QED) is 0.841. The zero-order valence-corrected chi connectivity index (χ0v) is 16.0. The number of benzene rings is 1. The van der Waals surface area contributed by atoms with Gasteiger partial charge in [-0.1, -0.05) is 12.1 Å². The van der Waals surface area contributed by atoms with E-state index in [2.05, 4.69) is 22.5 Å². The van der Waals surface area contributed by atoms with E-state index in [1.54, 1.807) is 25.3 Å². The molecule has 136 valence electrons. The Balaban J connectivity index is 0.00000225. The fourth-order valence-electron chi connectivity index (χ4n) is 2.97. The van der Waals surface area contributed by atoms with Gasteiger partial charge in [-0.2, -0.15) is 0 Å². The fraction of sp³-hybridized carbons (Fsp3) is 0.444. The molecule has 1 saturated heterocycles. The van der Waals surface area contributed by atoms with Crippen molar-refractivity contribution in [3.05, 3.63) is 46.2 Å². The third-order valence-corrected chi connectivity index (χ3v) is 5.31. The lowest BCUT2D eigenvalue weighted by Gasteiger charge is -2.26. The van der Waals surface area contributed by atoms with Gasteiger partial charge in [-0.15, -0.1) is 23.7 Å². The molecular formula is C18H23ClFN3OS. The largest absolute Gasteiger partial charge is 0.314 e. The number of anilines is 1. The highest BCUT2D eigenvalue weighted by molar-refractivity contribution is 7.15. The van der Waals surface area contributed by atoms with Crippen LogP contribution in [0.15, 0.2) is 24.4 Å². The second kappa shape index (κ2) is 8.74. The van der Waals surface area contributed by atoms with Crippen LogP contribution < -0.4 is 10.6 Å². The third-order valence-electron chi connectivity index (χ3n) is 4.39. The second-order valence-electron chi connectivity index (χ2n) is 6.46. The molecule has 2 atom stereocenters. The van der Waals surface area contributed by atoms with Crippen molar-refractivity contribution >= 4 is 34.8 Å². The summed E-state index contributed by atoms with van der Waals surface area (Å²) in [5.74, 6) is -0.101. The van der Waals surface area contributed by atoms with Crippen LogP contribution in [0.5, 0.6) is 0 Å². The van der Waals surface area contributed by atoms with Gasteiger partial charge < -0.3 is 10.6 Å². The van der Waals surface area contributed by atoms with Crippen molar-refractivity contribution in [2.24, 2.45) is 5.92 Å². The molecule has 1 fully saturated rings. The van der Waals surface area contributed by atoms with E-state index in [9.17, 15) is 9.18 Å². The molecule has 1 aromatic carbocycles. The van der Waals surface area contributed by atoms with Gasteiger partial charge in [-0.3, -0.25) is 4.79 Å². The van der Waals surface area contributed by atoms with Crippen LogP contribution in [0.3, 0.4) is 0 Å². The minimum absolute atomic E-state index is 0. The molecule has 1 aromatic heterocycles. The molecule has 1 aliphatic rings. The Bertz CT molecular complexity index is 737. The monoisotopic (exact) mass is 383 g/mol. The first kappa shape index (κ1) is 19.8. The summed E-state index contributed by atoms with van der Waals surface area (Å²) in [5, 5.41) is 6.89. The van der Waals surface area contributed by atoms with Crippen LogP contribution in [0.2, 0.25) is 0 Å². The van der Waals surface area contributed by atoms with E-state index in [1.165, 1.54) is 11.3 Å². The molecular weight excluding hydrogens is 361 g/mol. The summed E-state index contributed by atoms with van der Waals surface area (Å²) in [4.78, 5) is 17.6. The number of nitrogens with zero attached hydrogens (tertiary/aromatic N) is 1. The lowest BCUT2D eigenvalue weighted by atomic mass is 9.93. The molecule has 0 bridgehead atoms. The molecule has 0 spiro atoms. The van der Waals surface area contributed by atoms with Gasteiger partial charge in [-0.25, -0.2) is 9.37 Å². The molecule has 2 N–H and O–H groups in total. The maximum atomic E-state index is 13.6. The van der Waals surface area contributed by atoms with E-state index in [-0.39, 0.29) is 30.0 Å². The lowest BCUT2D eigenvalue weighted by molar-refractivity contribution is -0.120. The highest BCUT2D eigenvalue weighted by Crippen LogP contribution is 2.24. The molecule has 1 aliphatic heterocycles. The summed E-state index contributed by atoms with van der Waals surface area (Å²) in [6, 6.07) is 5.64. The van der Waals surface area contributed by atoms with Crippen molar-refractivity contribution in [3.63, 3.8) is 0 Å². The standard InChI is InChI=1S/C18H22FN3OS.ClH/c1-11-3-4-13(9-16(11)19)8-15-10-21-18(24-15)22-17(23)14-5-6-20-12(2)7-14;/h3-4,9-10,12,14,20H,5-8H2,1-2H3,(H,21,22,23);1H/t12-,14-;/m0./s1. The van der Waals surface area contributed by atoms with Gasteiger partial charge in [-0.05, 0) is 50.4 Å². The number of hydrogen-bond acceptors (Lipinski definition) is 4. The van der Waals surface area contributed by atoms with Crippen molar-refractivity contribution in [3.8, 4) is 0 Å². The van der Waals surface area contributed by atoms with Crippen LogP contribution in [0, 0.1) is 18.7 Å². The molecule has 0 unspecified atom stereocenters. The van der Waals surface area contributed by atoms with Gasteiger partial charge in [0.2, 0.25) is 5.91 Å². The summed E-state index contributed by atoms with van der Waals surface area (Å²) in [5.41, 5.74) is 1.55. The number of aryl methyl sites for hydroxylation is 1. The van der Waals surface area contributed by atoms with Crippen LogP contribution >= 0.6 is 23.7 Å².